The predicted molar refractivity (Wildman–Crippen MR) is 70.1 cm³/mol. The molecular weight excluding hydrogens is 230 g/mol. The number of hydrogen-bond donors (Lipinski definition) is 1. The van der Waals surface area contributed by atoms with Crippen molar-refractivity contribution >= 4 is 5.82 Å². The Labute approximate surface area is 108 Å². The van der Waals surface area contributed by atoms with Gasteiger partial charge in [0.25, 0.3) is 0 Å². The Morgan fingerprint density at radius 3 is 2.94 bits per heavy atom. The molecule has 2 rings (SSSR count). The lowest BCUT2D eigenvalue weighted by atomic mass is 10.2. The summed E-state index contributed by atoms with van der Waals surface area (Å²) in [4.78, 5) is 8.81. The molecule has 1 aliphatic rings. The Morgan fingerprint density at radius 1 is 1.50 bits per heavy atom. The normalized spacial score (nSPS) is 19.2. The molecule has 1 aromatic rings. The molecule has 1 aliphatic heterocycles. The molecule has 5 heteroatoms. The number of nitrogens with zero attached hydrogens (tertiary/aromatic N) is 2. The van der Waals surface area contributed by atoms with E-state index >= 15 is 0 Å². The van der Waals surface area contributed by atoms with E-state index in [2.05, 4.69) is 29.1 Å². The zero-order chi connectivity index (χ0) is 13.0. The van der Waals surface area contributed by atoms with Crippen LogP contribution in [0.1, 0.15) is 38.4 Å². The molecule has 0 saturated carbocycles. The van der Waals surface area contributed by atoms with Crippen LogP contribution >= 0.6 is 0 Å². The lowest BCUT2D eigenvalue weighted by Crippen LogP contribution is -2.17. The van der Waals surface area contributed by atoms with E-state index in [1.807, 2.05) is 13.1 Å². The molecule has 2 heterocycles. The lowest BCUT2D eigenvalue weighted by molar-refractivity contribution is 0.0662. The summed E-state index contributed by atoms with van der Waals surface area (Å²) >= 11 is 0. The average molecular weight is 251 g/mol. The van der Waals surface area contributed by atoms with Crippen LogP contribution in [-0.4, -0.2) is 36.3 Å². The monoisotopic (exact) mass is 251 g/mol. The van der Waals surface area contributed by atoms with Crippen molar-refractivity contribution in [3.63, 3.8) is 0 Å². The van der Waals surface area contributed by atoms with Gasteiger partial charge in [-0.05, 0) is 12.8 Å². The van der Waals surface area contributed by atoms with E-state index in [1.54, 1.807) is 0 Å². The highest BCUT2D eigenvalue weighted by Gasteiger charge is 2.17. The summed E-state index contributed by atoms with van der Waals surface area (Å²) in [5.74, 6) is 2.48. The van der Waals surface area contributed by atoms with Gasteiger partial charge < -0.3 is 14.8 Å². The molecule has 0 bridgehead atoms. The smallest absolute Gasteiger partial charge is 0.218 e. The fourth-order valence-electron chi connectivity index (χ4n) is 1.86. The molecule has 100 valence electrons. The molecule has 1 aromatic heterocycles. The van der Waals surface area contributed by atoms with Gasteiger partial charge >= 0.3 is 0 Å². The summed E-state index contributed by atoms with van der Waals surface area (Å²) < 4.78 is 11.2. The van der Waals surface area contributed by atoms with Gasteiger partial charge in [-0.3, -0.25) is 0 Å². The fraction of sp³-hybridized carbons (Fsp3) is 0.692. The van der Waals surface area contributed by atoms with Crippen LogP contribution in [0.5, 0.6) is 5.88 Å². The molecule has 1 unspecified atom stereocenters. The molecule has 1 atom stereocenters. The number of rotatable bonds is 5. The highest BCUT2D eigenvalue weighted by Crippen LogP contribution is 2.19. The zero-order valence-corrected chi connectivity index (χ0v) is 11.3. The molecule has 1 N–H and O–H groups in total. The third-order valence-corrected chi connectivity index (χ3v) is 2.93. The van der Waals surface area contributed by atoms with Crippen molar-refractivity contribution in [2.45, 2.75) is 38.7 Å². The molecule has 0 amide bonds. The van der Waals surface area contributed by atoms with Crippen molar-refractivity contribution in [2.24, 2.45) is 0 Å². The van der Waals surface area contributed by atoms with Crippen molar-refractivity contribution in [1.29, 1.82) is 0 Å². The summed E-state index contributed by atoms with van der Waals surface area (Å²) in [6.45, 7) is 5.55. The Morgan fingerprint density at radius 2 is 2.33 bits per heavy atom. The van der Waals surface area contributed by atoms with Gasteiger partial charge in [-0.2, -0.15) is 4.98 Å². The summed E-state index contributed by atoms with van der Waals surface area (Å²) in [5.41, 5.74) is 0. The van der Waals surface area contributed by atoms with Gasteiger partial charge in [-0.25, -0.2) is 4.98 Å². The maximum absolute atomic E-state index is 5.71. The van der Waals surface area contributed by atoms with Gasteiger partial charge in [-0.1, -0.05) is 13.8 Å². The number of aromatic nitrogens is 2. The highest BCUT2D eigenvalue weighted by atomic mass is 16.5. The Kier molecular flexibility index (Phi) is 4.36. The Bertz CT molecular complexity index is 390. The number of ether oxygens (including phenoxy) is 2. The van der Waals surface area contributed by atoms with Crippen LogP contribution in [-0.2, 0) is 4.74 Å². The minimum atomic E-state index is 0.209. The number of anilines is 1. The van der Waals surface area contributed by atoms with Crippen LogP contribution in [0.25, 0.3) is 0 Å². The van der Waals surface area contributed by atoms with Crippen molar-refractivity contribution in [3.8, 4) is 5.88 Å². The SMILES string of the molecule is CNc1cc(OCC2CCCO2)nc(C(C)C)n1. The first-order valence-electron chi connectivity index (χ1n) is 6.50. The molecule has 18 heavy (non-hydrogen) atoms. The first-order valence-corrected chi connectivity index (χ1v) is 6.50. The van der Waals surface area contributed by atoms with Gasteiger partial charge in [0.05, 0.1) is 6.10 Å². The average Bonchev–Trinajstić information content (AvgIpc) is 2.89. The van der Waals surface area contributed by atoms with Crippen LogP contribution in [0, 0.1) is 0 Å². The molecule has 1 saturated heterocycles. The van der Waals surface area contributed by atoms with Gasteiger partial charge in [0, 0.05) is 25.6 Å². The molecule has 0 aliphatic carbocycles. The van der Waals surface area contributed by atoms with Crippen molar-refractivity contribution in [3.05, 3.63) is 11.9 Å². The topological polar surface area (TPSA) is 56.3 Å². The summed E-state index contributed by atoms with van der Waals surface area (Å²) in [6.07, 6.45) is 2.40. The predicted octanol–water partition coefficient (Wildman–Crippen LogP) is 2.20. The van der Waals surface area contributed by atoms with Crippen LogP contribution in [0.3, 0.4) is 0 Å². The Balaban J connectivity index is 2.03. The van der Waals surface area contributed by atoms with E-state index in [1.165, 1.54) is 0 Å². The largest absolute Gasteiger partial charge is 0.475 e. The summed E-state index contributed by atoms with van der Waals surface area (Å²) in [6, 6.07) is 1.82. The lowest BCUT2D eigenvalue weighted by Gasteiger charge is -2.13. The van der Waals surface area contributed by atoms with Crippen molar-refractivity contribution in [2.75, 3.05) is 25.6 Å². The maximum atomic E-state index is 5.71. The van der Waals surface area contributed by atoms with E-state index in [9.17, 15) is 0 Å². The van der Waals surface area contributed by atoms with Crippen LogP contribution in [0.15, 0.2) is 6.07 Å². The van der Waals surface area contributed by atoms with E-state index in [0.29, 0.717) is 12.5 Å². The van der Waals surface area contributed by atoms with Gasteiger partial charge in [0.2, 0.25) is 5.88 Å². The summed E-state index contributed by atoms with van der Waals surface area (Å²) in [7, 11) is 1.84. The second kappa shape index (κ2) is 6.00. The molecule has 0 spiro atoms. The number of hydrogen-bond acceptors (Lipinski definition) is 5. The fourth-order valence-corrected chi connectivity index (χ4v) is 1.86. The minimum absolute atomic E-state index is 0.209. The standard InChI is InChI=1S/C13H21N3O2/c1-9(2)13-15-11(14-3)7-12(16-13)18-8-10-5-4-6-17-10/h7,9-10H,4-6,8H2,1-3H3,(H,14,15,16). The third kappa shape index (κ3) is 3.32. The number of nitrogens with one attached hydrogen (secondary N) is 1. The Hall–Kier alpha value is -1.36. The zero-order valence-electron chi connectivity index (χ0n) is 11.3. The van der Waals surface area contributed by atoms with Gasteiger partial charge in [-0.15, -0.1) is 0 Å². The molecule has 5 nitrogen and oxygen atoms in total. The minimum Gasteiger partial charge on any atom is -0.475 e. The van der Waals surface area contributed by atoms with E-state index in [0.717, 1.165) is 31.1 Å². The van der Waals surface area contributed by atoms with Crippen LogP contribution in [0.2, 0.25) is 0 Å². The summed E-state index contributed by atoms with van der Waals surface area (Å²) in [5, 5.41) is 3.03. The van der Waals surface area contributed by atoms with Crippen molar-refractivity contribution in [1.82, 2.24) is 9.97 Å². The molecule has 0 aromatic carbocycles. The maximum Gasteiger partial charge on any atom is 0.218 e. The van der Waals surface area contributed by atoms with E-state index in [-0.39, 0.29) is 12.0 Å². The third-order valence-electron chi connectivity index (χ3n) is 2.93. The first kappa shape index (κ1) is 13.1. The molecular formula is C13H21N3O2. The highest BCUT2D eigenvalue weighted by molar-refractivity contribution is 5.38. The van der Waals surface area contributed by atoms with Gasteiger partial charge in [0.1, 0.15) is 18.2 Å². The van der Waals surface area contributed by atoms with E-state index < -0.39 is 0 Å². The van der Waals surface area contributed by atoms with Crippen molar-refractivity contribution < 1.29 is 9.47 Å². The van der Waals surface area contributed by atoms with Crippen LogP contribution in [0.4, 0.5) is 5.82 Å². The van der Waals surface area contributed by atoms with E-state index in [4.69, 9.17) is 9.47 Å². The quantitative estimate of drug-likeness (QED) is 0.869. The van der Waals surface area contributed by atoms with Crippen LogP contribution < -0.4 is 10.1 Å². The molecule has 1 fully saturated rings. The molecule has 0 radical (unpaired) electrons. The second-order valence-corrected chi connectivity index (χ2v) is 4.80. The van der Waals surface area contributed by atoms with Gasteiger partial charge in [0.15, 0.2) is 0 Å². The first-order chi connectivity index (χ1) is 8.69. The second-order valence-electron chi connectivity index (χ2n) is 4.80.